The number of nitrogens with zero attached hydrogens (tertiary/aromatic N) is 1. The third-order valence-corrected chi connectivity index (χ3v) is 2.79. The van der Waals surface area contributed by atoms with E-state index in [1.165, 1.54) is 0 Å². The van der Waals surface area contributed by atoms with E-state index in [9.17, 15) is 4.79 Å². The van der Waals surface area contributed by atoms with Gasteiger partial charge in [0.1, 0.15) is 4.60 Å². The van der Waals surface area contributed by atoms with Crippen LogP contribution in [-0.2, 0) is 0 Å². The summed E-state index contributed by atoms with van der Waals surface area (Å²) in [6, 6.07) is 4.89. The number of nitrogens with two attached hydrogens (primary N) is 1. The number of nitrogens with one attached hydrogen (secondary N) is 1. The number of carbonyl (C=O) groups is 1. The molecule has 0 amide bonds. The fraction of sp³-hybridized carbons (Fsp3) is 0.200. The fourth-order valence-electron chi connectivity index (χ4n) is 1.48. The lowest BCUT2D eigenvalue weighted by atomic mass is 10.0. The van der Waals surface area contributed by atoms with Gasteiger partial charge in [-0.2, -0.15) is 5.10 Å². The van der Waals surface area contributed by atoms with Gasteiger partial charge >= 0.3 is 0 Å². The molecule has 5 heteroatoms. The van der Waals surface area contributed by atoms with Crippen LogP contribution in [0.2, 0.25) is 0 Å². The summed E-state index contributed by atoms with van der Waals surface area (Å²) < 4.78 is 0.710. The molecule has 0 saturated carbocycles. The molecule has 2 rings (SSSR count). The van der Waals surface area contributed by atoms with Crippen LogP contribution in [0, 0.1) is 0 Å². The molecule has 1 aromatic carbocycles. The zero-order valence-electron chi connectivity index (χ0n) is 8.12. The molecule has 1 unspecified atom stereocenters. The lowest BCUT2D eigenvalue weighted by molar-refractivity contribution is 0.0969. The Labute approximate surface area is 95.0 Å². The van der Waals surface area contributed by atoms with E-state index >= 15 is 0 Å². The number of hydrogen-bond acceptors (Lipinski definition) is 3. The third-order valence-electron chi connectivity index (χ3n) is 2.22. The molecular formula is C10H10BrN3O. The van der Waals surface area contributed by atoms with Crippen LogP contribution in [0.1, 0.15) is 17.3 Å². The van der Waals surface area contributed by atoms with Gasteiger partial charge in [-0.1, -0.05) is 12.1 Å². The molecule has 0 aliphatic rings. The van der Waals surface area contributed by atoms with E-state index in [-0.39, 0.29) is 5.78 Å². The molecule has 1 aromatic heterocycles. The van der Waals surface area contributed by atoms with E-state index in [1.54, 1.807) is 19.1 Å². The zero-order valence-corrected chi connectivity index (χ0v) is 9.71. The molecule has 4 nitrogen and oxygen atoms in total. The van der Waals surface area contributed by atoms with E-state index < -0.39 is 6.04 Å². The number of fused-ring (bicyclic) bond motifs is 1. The Morgan fingerprint density at radius 2 is 2.33 bits per heavy atom. The number of halogens is 1. The maximum Gasteiger partial charge on any atom is 0.180 e. The van der Waals surface area contributed by atoms with Gasteiger partial charge in [-0.25, -0.2) is 0 Å². The summed E-state index contributed by atoms with van der Waals surface area (Å²) in [5.41, 5.74) is 6.94. The molecule has 0 bridgehead atoms. The molecule has 0 radical (unpaired) electrons. The van der Waals surface area contributed by atoms with Gasteiger partial charge in [-0.3, -0.25) is 9.89 Å². The summed E-state index contributed by atoms with van der Waals surface area (Å²) in [5, 5.41) is 7.63. The van der Waals surface area contributed by atoms with Crippen molar-refractivity contribution >= 4 is 32.6 Å². The van der Waals surface area contributed by atoms with Crippen LogP contribution in [0.5, 0.6) is 0 Å². The third kappa shape index (κ3) is 1.68. The average molecular weight is 268 g/mol. The second-order valence-corrected chi connectivity index (χ2v) is 4.18. The van der Waals surface area contributed by atoms with E-state index in [0.717, 1.165) is 10.9 Å². The number of aromatic amines is 1. The first-order chi connectivity index (χ1) is 7.11. The quantitative estimate of drug-likeness (QED) is 0.816. The minimum absolute atomic E-state index is 0.0808. The fourth-order valence-corrected chi connectivity index (χ4v) is 1.99. The van der Waals surface area contributed by atoms with Crippen molar-refractivity contribution in [1.82, 2.24) is 10.2 Å². The first kappa shape index (κ1) is 10.3. The van der Waals surface area contributed by atoms with Crippen LogP contribution in [0.4, 0.5) is 0 Å². The number of carbonyl (C=O) groups excluding carboxylic acids is 1. The molecule has 0 aliphatic carbocycles. The first-order valence-electron chi connectivity index (χ1n) is 4.53. The van der Waals surface area contributed by atoms with Crippen molar-refractivity contribution in [3.8, 4) is 0 Å². The normalized spacial score (nSPS) is 13.0. The van der Waals surface area contributed by atoms with Crippen LogP contribution in [0.25, 0.3) is 10.9 Å². The number of rotatable bonds is 2. The molecule has 1 heterocycles. The first-order valence-corrected chi connectivity index (χ1v) is 5.33. The van der Waals surface area contributed by atoms with Gasteiger partial charge in [0.15, 0.2) is 5.78 Å². The molecule has 15 heavy (non-hydrogen) atoms. The SMILES string of the molecule is CC(N)C(=O)c1cccc2n[nH]c(Br)c12. The summed E-state index contributed by atoms with van der Waals surface area (Å²) >= 11 is 3.32. The van der Waals surface area contributed by atoms with Crippen molar-refractivity contribution in [2.24, 2.45) is 5.73 Å². The van der Waals surface area contributed by atoms with Gasteiger partial charge in [0.05, 0.1) is 11.6 Å². The lowest BCUT2D eigenvalue weighted by Gasteiger charge is -2.05. The highest BCUT2D eigenvalue weighted by Gasteiger charge is 2.16. The van der Waals surface area contributed by atoms with Crippen molar-refractivity contribution in [1.29, 1.82) is 0 Å². The van der Waals surface area contributed by atoms with Crippen molar-refractivity contribution in [2.45, 2.75) is 13.0 Å². The molecule has 3 N–H and O–H groups in total. The molecule has 0 saturated heterocycles. The number of Topliss-reactive ketones (excluding diaryl/α,β-unsaturated/α-hetero) is 1. The smallest absolute Gasteiger partial charge is 0.180 e. The number of hydrogen-bond donors (Lipinski definition) is 2. The summed E-state index contributed by atoms with van der Waals surface area (Å²) in [6.07, 6.45) is 0. The molecule has 78 valence electrons. The van der Waals surface area contributed by atoms with Crippen LogP contribution in [-0.4, -0.2) is 22.0 Å². The molecule has 0 spiro atoms. The minimum atomic E-state index is -0.502. The van der Waals surface area contributed by atoms with Crippen molar-refractivity contribution in [3.63, 3.8) is 0 Å². The zero-order chi connectivity index (χ0) is 11.0. The second-order valence-electron chi connectivity index (χ2n) is 3.39. The van der Waals surface area contributed by atoms with E-state index in [1.807, 2.05) is 6.07 Å². The van der Waals surface area contributed by atoms with Gasteiger partial charge in [0.2, 0.25) is 0 Å². The van der Waals surface area contributed by atoms with Crippen LogP contribution in [0.3, 0.4) is 0 Å². The summed E-state index contributed by atoms with van der Waals surface area (Å²) in [7, 11) is 0. The highest BCUT2D eigenvalue weighted by Crippen LogP contribution is 2.25. The van der Waals surface area contributed by atoms with Crippen LogP contribution < -0.4 is 5.73 Å². The van der Waals surface area contributed by atoms with E-state index in [0.29, 0.717) is 10.2 Å². The van der Waals surface area contributed by atoms with Crippen molar-refractivity contribution < 1.29 is 4.79 Å². The minimum Gasteiger partial charge on any atom is -0.321 e. The molecular weight excluding hydrogens is 258 g/mol. The van der Waals surface area contributed by atoms with Crippen LogP contribution >= 0.6 is 15.9 Å². The number of ketones is 1. The maximum atomic E-state index is 11.8. The van der Waals surface area contributed by atoms with E-state index in [2.05, 4.69) is 26.1 Å². The summed E-state index contributed by atoms with van der Waals surface area (Å²) in [6.45, 7) is 1.68. The Balaban J connectivity index is 2.70. The van der Waals surface area contributed by atoms with Crippen molar-refractivity contribution in [3.05, 3.63) is 28.4 Å². The highest BCUT2D eigenvalue weighted by molar-refractivity contribution is 9.10. The summed E-state index contributed by atoms with van der Waals surface area (Å²) in [5.74, 6) is -0.0808. The average Bonchev–Trinajstić information content (AvgIpc) is 2.59. The predicted molar refractivity (Wildman–Crippen MR) is 61.8 cm³/mol. The topological polar surface area (TPSA) is 71.8 Å². The molecule has 0 aliphatic heterocycles. The molecule has 0 fully saturated rings. The van der Waals surface area contributed by atoms with E-state index in [4.69, 9.17) is 5.73 Å². The van der Waals surface area contributed by atoms with Crippen molar-refractivity contribution in [2.75, 3.05) is 0 Å². The summed E-state index contributed by atoms with van der Waals surface area (Å²) in [4.78, 5) is 11.8. The lowest BCUT2D eigenvalue weighted by Crippen LogP contribution is -2.26. The van der Waals surface area contributed by atoms with Gasteiger partial charge in [0.25, 0.3) is 0 Å². The monoisotopic (exact) mass is 267 g/mol. The number of aromatic nitrogens is 2. The predicted octanol–water partition coefficient (Wildman–Crippen LogP) is 1.86. The Morgan fingerprint density at radius 3 is 3.00 bits per heavy atom. The Morgan fingerprint density at radius 1 is 1.60 bits per heavy atom. The Bertz CT molecular complexity index is 518. The van der Waals surface area contributed by atoms with Gasteiger partial charge in [0, 0.05) is 10.9 Å². The number of benzene rings is 1. The number of H-pyrrole nitrogens is 1. The highest BCUT2D eigenvalue weighted by atomic mass is 79.9. The van der Waals surface area contributed by atoms with Gasteiger partial charge in [-0.05, 0) is 28.9 Å². The van der Waals surface area contributed by atoms with Gasteiger partial charge < -0.3 is 5.73 Å². The standard InChI is InChI=1S/C10H10BrN3O/c1-5(12)9(15)6-3-2-4-7-8(6)10(11)14-13-7/h2-5H,12H2,1H3,(H,13,14). The Kier molecular flexibility index (Phi) is 2.58. The molecule has 2 aromatic rings. The molecule has 1 atom stereocenters. The largest absolute Gasteiger partial charge is 0.321 e. The van der Waals surface area contributed by atoms with Gasteiger partial charge in [-0.15, -0.1) is 0 Å². The Hall–Kier alpha value is -1.20. The second kappa shape index (κ2) is 3.75. The van der Waals surface area contributed by atoms with Crippen LogP contribution in [0.15, 0.2) is 22.8 Å². The maximum absolute atomic E-state index is 11.8.